The van der Waals surface area contributed by atoms with E-state index in [2.05, 4.69) is 10.2 Å². The van der Waals surface area contributed by atoms with Crippen LogP contribution < -0.4 is 0 Å². The van der Waals surface area contributed by atoms with Gasteiger partial charge in [0, 0.05) is 19.6 Å². The molecule has 1 saturated heterocycles. The Kier molecular flexibility index (Phi) is 2.36. The molecule has 12 heavy (non-hydrogen) atoms. The standard InChI is InChI=1S/C8H12N2O2/c1-2-7(5-11-3-1)4-8-10-9-6-12-8/h6-7H,1-5H2. The molecule has 0 amide bonds. The van der Waals surface area contributed by atoms with E-state index >= 15 is 0 Å². The van der Waals surface area contributed by atoms with E-state index in [9.17, 15) is 0 Å². The molecule has 1 unspecified atom stereocenters. The van der Waals surface area contributed by atoms with Crippen molar-refractivity contribution in [2.24, 2.45) is 5.92 Å². The summed E-state index contributed by atoms with van der Waals surface area (Å²) in [5.74, 6) is 1.30. The van der Waals surface area contributed by atoms with Gasteiger partial charge in [0.2, 0.25) is 12.3 Å². The van der Waals surface area contributed by atoms with E-state index in [1.807, 2.05) is 0 Å². The van der Waals surface area contributed by atoms with Crippen LogP contribution in [0.4, 0.5) is 0 Å². The van der Waals surface area contributed by atoms with Gasteiger partial charge in [-0.3, -0.25) is 0 Å². The van der Waals surface area contributed by atoms with Gasteiger partial charge >= 0.3 is 0 Å². The molecule has 0 aromatic carbocycles. The Bertz CT molecular complexity index is 217. The van der Waals surface area contributed by atoms with Crippen molar-refractivity contribution >= 4 is 0 Å². The summed E-state index contributed by atoms with van der Waals surface area (Å²) in [7, 11) is 0. The second-order valence-electron chi connectivity index (χ2n) is 3.12. The number of aromatic nitrogens is 2. The van der Waals surface area contributed by atoms with Crippen molar-refractivity contribution in [3.63, 3.8) is 0 Å². The fraction of sp³-hybridized carbons (Fsp3) is 0.750. The zero-order chi connectivity index (χ0) is 8.23. The van der Waals surface area contributed by atoms with Gasteiger partial charge in [0.15, 0.2) is 0 Å². The Morgan fingerprint density at radius 3 is 3.25 bits per heavy atom. The fourth-order valence-corrected chi connectivity index (χ4v) is 1.50. The molecule has 1 aromatic heterocycles. The van der Waals surface area contributed by atoms with Gasteiger partial charge in [-0.25, -0.2) is 0 Å². The highest BCUT2D eigenvalue weighted by Gasteiger charge is 2.16. The monoisotopic (exact) mass is 168 g/mol. The topological polar surface area (TPSA) is 48.2 Å². The predicted octanol–water partition coefficient (Wildman–Crippen LogP) is 1.04. The first kappa shape index (κ1) is 7.73. The lowest BCUT2D eigenvalue weighted by atomic mass is 9.99. The summed E-state index contributed by atoms with van der Waals surface area (Å²) in [6, 6.07) is 0. The van der Waals surface area contributed by atoms with Gasteiger partial charge < -0.3 is 9.15 Å². The molecule has 0 radical (unpaired) electrons. The lowest BCUT2D eigenvalue weighted by Gasteiger charge is -2.20. The van der Waals surface area contributed by atoms with Crippen molar-refractivity contribution in [3.8, 4) is 0 Å². The summed E-state index contributed by atoms with van der Waals surface area (Å²) in [5.41, 5.74) is 0. The van der Waals surface area contributed by atoms with Gasteiger partial charge in [0.1, 0.15) is 0 Å². The van der Waals surface area contributed by atoms with Gasteiger partial charge in [0.25, 0.3) is 0 Å². The molecule has 66 valence electrons. The van der Waals surface area contributed by atoms with Crippen molar-refractivity contribution in [1.29, 1.82) is 0 Å². The predicted molar refractivity (Wildman–Crippen MR) is 41.5 cm³/mol. The summed E-state index contributed by atoms with van der Waals surface area (Å²) >= 11 is 0. The van der Waals surface area contributed by atoms with Crippen molar-refractivity contribution in [3.05, 3.63) is 12.3 Å². The third-order valence-corrected chi connectivity index (χ3v) is 2.12. The van der Waals surface area contributed by atoms with Crippen LogP contribution in [0.2, 0.25) is 0 Å². The molecule has 0 bridgehead atoms. The molecule has 4 heteroatoms. The molecule has 1 fully saturated rings. The van der Waals surface area contributed by atoms with E-state index in [1.54, 1.807) is 0 Å². The molecule has 0 saturated carbocycles. The SMILES string of the molecule is c1nnc(CC2CCCOC2)o1. The Labute approximate surface area is 70.9 Å². The van der Waals surface area contributed by atoms with Crippen LogP contribution in [0.1, 0.15) is 18.7 Å². The average Bonchev–Trinajstić information content (AvgIpc) is 2.59. The second-order valence-corrected chi connectivity index (χ2v) is 3.12. The van der Waals surface area contributed by atoms with Crippen LogP contribution in [0.15, 0.2) is 10.8 Å². The lowest BCUT2D eigenvalue weighted by Crippen LogP contribution is -2.19. The number of hydrogen-bond acceptors (Lipinski definition) is 4. The first-order valence-electron chi connectivity index (χ1n) is 4.28. The minimum absolute atomic E-state index is 0.569. The zero-order valence-electron chi connectivity index (χ0n) is 6.90. The molecule has 1 aliphatic heterocycles. The first-order chi connectivity index (χ1) is 5.95. The molecule has 0 spiro atoms. The molecule has 1 aliphatic rings. The third kappa shape index (κ3) is 1.82. The molecule has 0 aliphatic carbocycles. The minimum Gasteiger partial charge on any atom is -0.428 e. The maximum absolute atomic E-state index is 5.34. The third-order valence-electron chi connectivity index (χ3n) is 2.12. The van der Waals surface area contributed by atoms with E-state index in [0.29, 0.717) is 5.92 Å². The van der Waals surface area contributed by atoms with E-state index in [-0.39, 0.29) is 0 Å². The number of nitrogens with zero attached hydrogens (tertiary/aromatic N) is 2. The average molecular weight is 168 g/mol. The van der Waals surface area contributed by atoms with E-state index in [0.717, 1.165) is 31.9 Å². The maximum atomic E-state index is 5.34. The molecule has 1 aromatic rings. The highest BCUT2D eigenvalue weighted by atomic mass is 16.5. The number of ether oxygens (including phenoxy) is 1. The van der Waals surface area contributed by atoms with Gasteiger partial charge in [-0.15, -0.1) is 10.2 Å². The molecular weight excluding hydrogens is 156 g/mol. The summed E-state index contributed by atoms with van der Waals surface area (Å²) < 4.78 is 10.4. The molecule has 0 N–H and O–H groups in total. The Morgan fingerprint density at radius 1 is 1.58 bits per heavy atom. The molecule has 2 heterocycles. The zero-order valence-corrected chi connectivity index (χ0v) is 6.90. The van der Waals surface area contributed by atoms with Crippen LogP contribution in [0.25, 0.3) is 0 Å². The summed E-state index contributed by atoms with van der Waals surface area (Å²) in [6.07, 6.45) is 4.60. The van der Waals surface area contributed by atoms with Gasteiger partial charge in [-0.2, -0.15) is 0 Å². The summed E-state index contributed by atoms with van der Waals surface area (Å²) in [4.78, 5) is 0. The summed E-state index contributed by atoms with van der Waals surface area (Å²) in [6.45, 7) is 1.74. The van der Waals surface area contributed by atoms with Crippen LogP contribution in [0.5, 0.6) is 0 Å². The second kappa shape index (κ2) is 3.67. The van der Waals surface area contributed by atoms with E-state index in [1.165, 1.54) is 12.8 Å². The van der Waals surface area contributed by atoms with Crippen LogP contribution in [-0.4, -0.2) is 23.4 Å². The van der Waals surface area contributed by atoms with Crippen LogP contribution in [-0.2, 0) is 11.2 Å². The molecular formula is C8H12N2O2. The lowest BCUT2D eigenvalue weighted by molar-refractivity contribution is 0.0526. The Hall–Kier alpha value is -0.900. The van der Waals surface area contributed by atoms with Gasteiger partial charge in [0.05, 0.1) is 0 Å². The van der Waals surface area contributed by atoms with E-state index in [4.69, 9.17) is 9.15 Å². The van der Waals surface area contributed by atoms with Gasteiger partial charge in [-0.1, -0.05) is 0 Å². The summed E-state index contributed by atoms with van der Waals surface area (Å²) in [5, 5.41) is 7.47. The van der Waals surface area contributed by atoms with Gasteiger partial charge in [-0.05, 0) is 18.8 Å². The van der Waals surface area contributed by atoms with Crippen molar-refractivity contribution in [2.75, 3.05) is 13.2 Å². The highest BCUT2D eigenvalue weighted by Crippen LogP contribution is 2.17. The molecule has 4 nitrogen and oxygen atoms in total. The van der Waals surface area contributed by atoms with E-state index < -0.39 is 0 Å². The van der Waals surface area contributed by atoms with Crippen molar-refractivity contribution in [2.45, 2.75) is 19.3 Å². The largest absolute Gasteiger partial charge is 0.428 e. The number of rotatable bonds is 2. The fourth-order valence-electron chi connectivity index (χ4n) is 1.50. The van der Waals surface area contributed by atoms with Crippen molar-refractivity contribution < 1.29 is 9.15 Å². The van der Waals surface area contributed by atoms with Crippen LogP contribution >= 0.6 is 0 Å². The Morgan fingerprint density at radius 2 is 2.58 bits per heavy atom. The molecule has 1 atom stereocenters. The molecule has 2 rings (SSSR count). The highest BCUT2D eigenvalue weighted by molar-refractivity contribution is 4.78. The Balaban J connectivity index is 1.86. The normalized spacial score (nSPS) is 24.2. The van der Waals surface area contributed by atoms with Crippen LogP contribution in [0, 0.1) is 5.92 Å². The maximum Gasteiger partial charge on any atom is 0.216 e. The smallest absolute Gasteiger partial charge is 0.216 e. The quantitative estimate of drug-likeness (QED) is 0.662. The van der Waals surface area contributed by atoms with Crippen molar-refractivity contribution in [1.82, 2.24) is 10.2 Å². The number of hydrogen-bond donors (Lipinski definition) is 0. The first-order valence-corrected chi connectivity index (χ1v) is 4.28. The van der Waals surface area contributed by atoms with Crippen LogP contribution in [0.3, 0.4) is 0 Å². The minimum atomic E-state index is 0.569.